The van der Waals surface area contributed by atoms with Gasteiger partial charge in [-0.15, -0.1) is 0 Å². The summed E-state index contributed by atoms with van der Waals surface area (Å²) in [7, 11) is 1.32. The van der Waals surface area contributed by atoms with Gasteiger partial charge < -0.3 is 14.0 Å². The smallest absolute Gasteiger partial charge is 0.329 e. The number of carbonyl (C=O) groups is 4. The highest BCUT2D eigenvalue weighted by molar-refractivity contribution is 8.18. The van der Waals surface area contributed by atoms with E-state index in [2.05, 4.69) is 0 Å². The van der Waals surface area contributed by atoms with Crippen molar-refractivity contribution in [2.45, 2.75) is 26.4 Å². The maximum Gasteiger partial charge on any atom is 0.329 e. The lowest BCUT2D eigenvalue weighted by Crippen LogP contribution is -2.42. The van der Waals surface area contributed by atoms with Crippen molar-refractivity contribution in [3.8, 4) is 0 Å². The molecule has 2 amide bonds. The minimum absolute atomic E-state index is 0.0201. The number of para-hydroxylation sites is 1. The molecule has 29 heavy (non-hydrogen) atoms. The van der Waals surface area contributed by atoms with Gasteiger partial charge in [0.05, 0.1) is 18.6 Å². The van der Waals surface area contributed by atoms with Gasteiger partial charge in [-0.05, 0) is 37.8 Å². The van der Waals surface area contributed by atoms with Gasteiger partial charge in [-0.1, -0.05) is 18.2 Å². The third-order valence-corrected chi connectivity index (χ3v) is 5.36. The predicted molar refractivity (Wildman–Crippen MR) is 108 cm³/mol. The van der Waals surface area contributed by atoms with Crippen LogP contribution in [0.3, 0.4) is 0 Å². The van der Waals surface area contributed by atoms with E-state index in [1.807, 2.05) is 24.3 Å². The number of benzene rings is 1. The van der Waals surface area contributed by atoms with Crippen LogP contribution in [-0.4, -0.2) is 52.3 Å². The highest BCUT2D eigenvalue weighted by Crippen LogP contribution is 2.35. The molecule has 8 nitrogen and oxygen atoms in total. The fourth-order valence-corrected chi connectivity index (χ4v) is 3.95. The van der Waals surface area contributed by atoms with E-state index in [9.17, 15) is 19.2 Å². The molecule has 0 bridgehead atoms. The normalized spacial score (nSPS) is 16.5. The van der Waals surface area contributed by atoms with Gasteiger partial charge in [0.2, 0.25) is 0 Å². The van der Waals surface area contributed by atoms with Crippen LogP contribution in [0.1, 0.15) is 19.4 Å². The van der Waals surface area contributed by atoms with Crippen LogP contribution < -0.4 is 0 Å². The van der Waals surface area contributed by atoms with E-state index in [4.69, 9.17) is 9.47 Å². The molecule has 1 aliphatic rings. The summed E-state index contributed by atoms with van der Waals surface area (Å²) in [5.74, 6) is -1.59. The molecule has 2 aromatic rings. The third-order valence-electron chi connectivity index (χ3n) is 4.47. The number of hydrogen-bond donors (Lipinski definition) is 0. The molecule has 1 atom stereocenters. The van der Waals surface area contributed by atoms with E-state index in [1.54, 1.807) is 23.8 Å². The van der Waals surface area contributed by atoms with Crippen molar-refractivity contribution in [3.05, 3.63) is 40.9 Å². The van der Waals surface area contributed by atoms with Crippen LogP contribution in [0.5, 0.6) is 0 Å². The van der Waals surface area contributed by atoms with E-state index < -0.39 is 29.1 Å². The number of hydrogen-bond acceptors (Lipinski definition) is 7. The van der Waals surface area contributed by atoms with Crippen molar-refractivity contribution in [1.29, 1.82) is 0 Å². The van der Waals surface area contributed by atoms with Crippen LogP contribution in [0, 0.1) is 0 Å². The molecule has 0 unspecified atom stereocenters. The van der Waals surface area contributed by atoms with Crippen LogP contribution in [0.15, 0.2) is 35.4 Å². The molecule has 9 heteroatoms. The Kier molecular flexibility index (Phi) is 6.07. The fraction of sp³-hybridized carbons (Fsp3) is 0.300. The molecule has 2 heterocycles. The molecular formula is C20H20N2O6S. The number of rotatable bonds is 6. The Morgan fingerprint density at radius 1 is 1.24 bits per heavy atom. The van der Waals surface area contributed by atoms with Crippen LogP contribution in [-0.2, 0) is 30.4 Å². The van der Waals surface area contributed by atoms with Crippen molar-refractivity contribution < 1.29 is 28.7 Å². The second-order valence-electron chi connectivity index (χ2n) is 6.29. The van der Waals surface area contributed by atoms with E-state index >= 15 is 0 Å². The summed E-state index contributed by atoms with van der Waals surface area (Å²) in [6, 6.07) is 6.39. The first-order chi connectivity index (χ1) is 13.9. The van der Waals surface area contributed by atoms with Gasteiger partial charge in [-0.2, -0.15) is 0 Å². The molecule has 0 saturated carbocycles. The Labute approximate surface area is 171 Å². The summed E-state index contributed by atoms with van der Waals surface area (Å²) in [5.41, 5.74) is 1.47. The van der Waals surface area contributed by atoms with E-state index in [-0.39, 0.29) is 18.1 Å². The predicted octanol–water partition coefficient (Wildman–Crippen LogP) is 2.80. The SMILES string of the molecule is CCOC(=O)[C@@H](C)N1C(=O)S/C(=C\c2cn(CC(=O)OC)c3ccccc23)C1=O. The molecule has 0 N–H and O–H groups in total. The molecule has 1 aromatic heterocycles. The molecule has 1 aliphatic heterocycles. The Bertz CT molecular complexity index is 1030. The van der Waals surface area contributed by atoms with Gasteiger partial charge in [0.25, 0.3) is 11.1 Å². The maximum absolute atomic E-state index is 12.8. The number of aromatic nitrogens is 1. The summed E-state index contributed by atoms with van der Waals surface area (Å²) in [6.07, 6.45) is 3.32. The Morgan fingerprint density at radius 2 is 1.97 bits per heavy atom. The number of methoxy groups -OCH3 is 1. The summed E-state index contributed by atoms with van der Waals surface area (Å²) in [4.78, 5) is 49.9. The molecule has 3 rings (SSSR count). The van der Waals surface area contributed by atoms with E-state index in [1.165, 1.54) is 14.0 Å². The van der Waals surface area contributed by atoms with Gasteiger partial charge in [-0.3, -0.25) is 19.3 Å². The van der Waals surface area contributed by atoms with E-state index in [0.29, 0.717) is 5.56 Å². The molecule has 0 spiro atoms. The number of thioether (sulfide) groups is 1. The number of carbonyl (C=O) groups excluding carboxylic acids is 4. The topological polar surface area (TPSA) is 94.9 Å². The molecule has 0 radical (unpaired) electrons. The van der Waals surface area contributed by atoms with Crippen molar-refractivity contribution in [1.82, 2.24) is 9.47 Å². The monoisotopic (exact) mass is 416 g/mol. The van der Waals surface area contributed by atoms with Gasteiger partial charge in [0, 0.05) is 22.7 Å². The average Bonchev–Trinajstić information content (AvgIpc) is 3.18. The zero-order valence-electron chi connectivity index (χ0n) is 16.2. The first-order valence-electron chi connectivity index (χ1n) is 8.95. The minimum Gasteiger partial charge on any atom is -0.468 e. The number of fused-ring (bicyclic) bond motifs is 1. The quantitative estimate of drug-likeness (QED) is 0.528. The number of nitrogens with zero attached hydrogens (tertiary/aromatic N) is 2. The maximum atomic E-state index is 12.8. The van der Waals surface area contributed by atoms with Gasteiger partial charge in [0.1, 0.15) is 12.6 Å². The summed E-state index contributed by atoms with van der Waals surface area (Å²) >= 11 is 0.767. The number of ether oxygens (including phenoxy) is 2. The fourth-order valence-electron chi connectivity index (χ4n) is 3.05. The second-order valence-corrected chi connectivity index (χ2v) is 7.28. The Morgan fingerprint density at radius 3 is 2.66 bits per heavy atom. The molecule has 1 aromatic carbocycles. The standard InChI is InChI=1S/C20H20N2O6S/c1-4-28-19(25)12(2)22-18(24)16(29-20(22)26)9-13-10-21(11-17(23)27-3)15-8-6-5-7-14(13)15/h5-10,12H,4,11H2,1-3H3/b16-9-/t12-/m1/s1. The lowest BCUT2D eigenvalue weighted by atomic mass is 10.1. The molecule has 1 fully saturated rings. The largest absolute Gasteiger partial charge is 0.468 e. The van der Waals surface area contributed by atoms with Crippen LogP contribution in [0.4, 0.5) is 4.79 Å². The highest BCUT2D eigenvalue weighted by atomic mass is 32.2. The van der Waals surface area contributed by atoms with Crippen molar-refractivity contribution in [2.24, 2.45) is 0 Å². The van der Waals surface area contributed by atoms with Crippen LogP contribution in [0.2, 0.25) is 0 Å². The van der Waals surface area contributed by atoms with Crippen LogP contribution >= 0.6 is 11.8 Å². The molecule has 1 saturated heterocycles. The van der Waals surface area contributed by atoms with Crippen LogP contribution in [0.25, 0.3) is 17.0 Å². The first kappa shape index (κ1) is 20.7. The summed E-state index contributed by atoms with van der Waals surface area (Å²) < 4.78 is 11.4. The summed E-state index contributed by atoms with van der Waals surface area (Å²) in [6.45, 7) is 3.29. The molecular weight excluding hydrogens is 396 g/mol. The van der Waals surface area contributed by atoms with Crippen molar-refractivity contribution in [3.63, 3.8) is 0 Å². The average molecular weight is 416 g/mol. The van der Waals surface area contributed by atoms with Gasteiger partial charge >= 0.3 is 11.9 Å². The first-order valence-corrected chi connectivity index (χ1v) is 9.77. The lowest BCUT2D eigenvalue weighted by Gasteiger charge is -2.19. The number of imide groups is 1. The van der Waals surface area contributed by atoms with E-state index in [0.717, 1.165) is 27.6 Å². The third kappa shape index (κ3) is 4.04. The van der Waals surface area contributed by atoms with Crippen molar-refractivity contribution in [2.75, 3.05) is 13.7 Å². The highest BCUT2D eigenvalue weighted by Gasteiger charge is 2.41. The van der Waals surface area contributed by atoms with Gasteiger partial charge in [-0.25, -0.2) is 4.79 Å². The lowest BCUT2D eigenvalue weighted by molar-refractivity contribution is -0.150. The number of esters is 2. The second kappa shape index (κ2) is 8.52. The van der Waals surface area contributed by atoms with Crippen molar-refractivity contribution >= 4 is 51.8 Å². The Hall–Kier alpha value is -3.07. The minimum atomic E-state index is -1.01. The zero-order valence-corrected chi connectivity index (χ0v) is 17.0. The number of amides is 2. The summed E-state index contributed by atoms with van der Waals surface area (Å²) in [5, 5.41) is 0.293. The molecule has 152 valence electrons. The Balaban J connectivity index is 1.95. The zero-order chi connectivity index (χ0) is 21.1. The van der Waals surface area contributed by atoms with Gasteiger partial charge in [0.15, 0.2) is 0 Å². The molecule has 0 aliphatic carbocycles.